The monoisotopic (exact) mass is 250 g/mol. The Morgan fingerprint density at radius 2 is 2.18 bits per heavy atom. The van der Waals surface area contributed by atoms with Crippen molar-refractivity contribution in [3.05, 3.63) is 40.5 Å². The molecule has 0 bridgehead atoms. The van der Waals surface area contributed by atoms with Gasteiger partial charge >= 0.3 is 0 Å². The molecule has 0 aliphatic rings. The Morgan fingerprint density at radius 1 is 1.41 bits per heavy atom. The van der Waals surface area contributed by atoms with Gasteiger partial charge < -0.3 is 9.72 Å². The molecule has 0 amide bonds. The predicted molar refractivity (Wildman–Crippen MR) is 66.1 cm³/mol. The second-order valence-corrected chi connectivity index (χ2v) is 3.98. The van der Waals surface area contributed by atoms with Crippen LogP contribution in [0.5, 0.6) is 5.75 Å². The molecule has 2 rings (SSSR count). The van der Waals surface area contributed by atoms with Crippen LogP contribution in [0.2, 0.25) is 0 Å². The maximum Gasteiger partial charge on any atom is 0.197 e. The van der Waals surface area contributed by atoms with Gasteiger partial charge in [0.25, 0.3) is 0 Å². The van der Waals surface area contributed by atoms with Crippen molar-refractivity contribution >= 4 is 12.2 Å². The fourth-order valence-corrected chi connectivity index (χ4v) is 1.77. The summed E-state index contributed by atoms with van der Waals surface area (Å²) in [5.74, 6) is 0.311. The van der Waals surface area contributed by atoms with Gasteiger partial charge in [0.1, 0.15) is 5.75 Å². The fourth-order valence-electron chi connectivity index (χ4n) is 1.62. The number of nitrogens with zero attached hydrogens (tertiary/aromatic N) is 1. The lowest BCUT2D eigenvalue weighted by molar-refractivity contribution is 0.414. The summed E-state index contributed by atoms with van der Waals surface area (Å²) in [6.45, 7) is 1.88. The number of benzene rings is 1. The molecule has 2 aromatic rings. The fraction of sp³-hybridized carbons (Fsp3) is 0.167. The van der Waals surface area contributed by atoms with Crippen LogP contribution in [-0.2, 0) is 0 Å². The van der Waals surface area contributed by atoms with Crippen molar-refractivity contribution in [3.63, 3.8) is 0 Å². The summed E-state index contributed by atoms with van der Waals surface area (Å²) in [5, 5.41) is 0. The van der Waals surface area contributed by atoms with Crippen molar-refractivity contribution in [2.45, 2.75) is 6.92 Å². The van der Waals surface area contributed by atoms with E-state index in [4.69, 9.17) is 17.0 Å². The first-order valence-electron chi connectivity index (χ1n) is 5.01. The largest absolute Gasteiger partial charge is 0.497 e. The summed E-state index contributed by atoms with van der Waals surface area (Å²) >= 11 is 4.89. The van der Waals surface area contributed by atoms with E-state index in [1.807, 2.05) is 13.0 Å². The second kappa shape index (κ2) is 4.63. The number of halogens is 1. The van der Waals surface area contributed by atoms with Crippen molar-refractivity contribution < 1.29 is 9.13 Å². The lowest BCUT2D eigenvalue weighted by Gasteiger charge is -2.08. The van der Waals surface area contributed by atoms with Crippen LogP contribution in [0.15, 0.2) is 24.4 Å². The van der Waals surface area contributed by atoms with Gasteiger partial charge in [-0.15, -0.1) is 0 Å². The molecule has 0 unspecified atom stereocenters. The minimum absolute atomic E-state index is 0.261. The minimum atomic E-state index is -0.424. The van der Waals surface area contributed by atoms with Gasteiger partial charge in [0.05, 0.1) is 19.0 Å². The zero-order chi connectivity index (χ0) is 12.4. The van der Waals surface area contributed by atoms with Gasteiger partial charge in [-0.05, 0) is 42.9 Å². The molecule has 3 nitrogen and oxygen atoms in total. The van der Waals surface area contributed by atoms with Crippen LogP contribution in [0, 0.1) is 17.5 Å². The minimum Gasteiger partial charge on any atom is -0.497 e. The first kappa shape index (κ1) is 11.7. The van der Waals surface area contributed by atoms with Gasteiger partial charge in [0.2, 0.25) is 0 Å². The molecule has 0 saturated carbocycles. The van der Waals surface area contributed by atoms with Crippen LogP contribution in [0.1, 0.15) is 5.56 Å². The number of nitrogens with one attached hydrogen (secondary N) is 1. The van der Waals surface area contributed by atoms with E-state index < -0.39 is 5.82 Å². The quantitative estimate of drug-likeness (QED) is 0.831. The molecule has 0 atom stereocenters. The Labute approximate surface area is 103 Å². The Kier molecular flexibility index (Phi) is 3.19. The highest BCUT2D eigenvalue weighted by atomic mass is 32.1. The molecule has 0 fully saturated rings. The van der Waals surface area contributed by atoms with E-state index in [2.05, 4.69) is 9.97 Å². The molecule has 1 aromatic heterocycles. The number of aromatic amines is 1. The van der Waals surface area contributed by atoms with Crippen molar-refractivity contribution in [2.24, 2.45) is 0 Å². The van der Waals surface area contributed by atoms with Crippen LogP contribution in [0.4, 0.5) is 4.39 Å². The average Bonchev–Trinajstić information content (AvgIpc) is 2.32. The van der Waals surface area contributed by atoms with Gasteiger partial charge in [-0.25, -0.2) is 9.37 Å². The molecule has 88 valence electrons. The van der Waals surface area contributed by atoms with E-state index in [-0.39, 0.29) is 4.77 Å². The van der Waals surface area contributed by atoms with E-state index in [0.29, 0.717) is 5.69 Å². The smallest absolute Gasteiger partial charge is 0.197 e. The molecule has 1 aromatic carbocycles. The third kappa shape index (κ3) is 2.34. The molecule has 17 heavy (non-hydrogen) atoms. The Balaban J connectivity index is 2.60. The number of aryl methyl sites for hydroxylation is 1. The van der Waals surface area contributed by atoms with E-state index >= 15 is 0 Å². The molecule has 0 aliphatic heterocycles. The zero-order valence-electron chi connectivity index (χ0n) is 9.45. The number of hydrogen-bond acceptors (Lipinski definition) is 3. The van der Waals surface area contributed by atoms with Crippen LogP contribution in [0.25, 0.3) is 11.3 Å². The summed E-state index contributed by atoms with van der Waals surface area (Å²) in [4.78, 5) is 6.45. The van der Waals surface area contributed by atoms with Gasteiger partial charge in [-0.2, -0.15) is 0 Å². The average molecular weight is 250 g/mol. The first-order chi connectivity index (χ1) is 8.11. The van der Waals surface area contributed by atoms with Crippen LogP contribution in [0.3, 0.4) is 0 Å². The van der Waals surface area contributed by atoms with Crippen molar-refractivity contribution in [1.82, 2.24) is 9.97 Å². The van der Waals surface area contributed by atoms with Crippen molar-refractivity contribution in [1.29, 1.82) is 0 Å². The third-order valence-electron chi connectivity index (χ3n) is 2.47. The molecular formula is C12H11FN2OS. The normalized spacial score (nSPS) is 10.3. The SMILES string of the molecule is COc1ccc(-c2[nH]c(=S)ncc2F)c(C)c1. The molecule has 1 heterocycles. The van der Waals surface area contributed by atoms with Gasteiger partial charge in [-0.1, -0.05) is 0 Å². The molecule has 0 saturated heterocycles. The van der Waals surface area contributed by atoms with Gasteiger partial charge in [0, 0.05) is 5.56 Å². The number of hydrogen-bond donors (Lipinski definition) is 1. The number of H-pyrrole nitrogens is 1. The van der Waals surface area contributed by atoms with Gasteiger partial charge in [0.15, 0.2) is 10.6 Å². The maximum absolute atomic E-state index is 13.6. The predicted octanol–water partition coefficient (Wildman–Crippen LogP) is 3.26. The lowest BCUT2D eigenvalue weighted by Crippen LogP contribution is -1.95. The van der Waals surface area contributed by atoms with Crippen molar-refractivity contribution in [2.75, 3.05) is 7.11 Å². The molecule has 0 radical (unpaired) electrons. The highest BCUT2D eigenvalue weighted by molar-refractivity contribution is 7.71. The Bertz CT molecular complexity index is 610. The van der Waals surface area contributed by atoms with E-state index in [1.165, 1.54) is 0 Å². The number of methoxy groups -OCH3 is 1. The van der Waals surface area contributed by atoms with Crippen LogP contribution >= 0.6 is 12.2 Å². The number of rotatable bonds is 2. The summed E-state index contributed by atoms with van der Waals surface area (Å²) in [5.41, 5.74) is 2.00. The Morgan fingerprint density at radius 3 is 2.82 bits per heavy atom. The van der Waals surface area contributed by atoms with Crippen LogP contribution < -0.4 is 4.74 Å². The summed E-state index contributed by atoms with van der Waals surface area (Å²) in [6.07, 6.45) is 1.12. The highest BCUT2D eigenvalue weighted by Crippen LogP contribution is 2.26. The van der Waals surface area contributed by atoms with E-state index in [1.54, 1.807) is 19.2 Å². The third-order valence-corrected chi connectivity index (χ3v) is 2.68. The summed E-state index contributed by atoms with van der Waals surface area (Å²) < 4.78 is 19.0. The maximum atomic E-state index is 13.6. The Hall–Kier alpha value is -1.75. The van der Waals surface area contributed by atoms with Crippen molar-refractivity contribution in [3.8, 4) is 17.0 Å². The molecule has 0 aliphatic carbocycles. The lowest BCUT2D eigenvalue weighted by atomic mass is 10.1. The van der Waals surface area contributed by atoms with E-state index in [9.17, 15) is 4.39 Å². The second-order valence-electron chi connectivity index (χ2n) is 3.59. The standard InChI is InChI=1S/C12H11FN2OS/c1-7-5-8(16-2)3-4-9(7)11-10(13)6-14-12(17)15-11/h3-6H,1-2H3,(H,14,15,17). The first-order valence-corrected chi connectivity index (χ1v) is 5.42. The summed E-state index contributed by atoms with van der Waals surface area (Å²) in [6, 6.07) is 5.41. The molecule has 5 heteroatoms. The molecule has 1 N–H and O–H groups in total. The highest BCUT2D eigenvalue weighted by Gasteiger charge is 2.09. The van der Waals surface area contributed by atoms with Crippen LogP contribution in [-0.4, -0.2) is 17.1 Å². The van der Waals surface area contributed by atoms with E-state index in [0.717, 1.165) is 23.1 Å². The zero-order valence-corrected chi connectivity index (χ0v) is 10.3. The molecular weight excluding hydrogens is 239 g/mol. The summed E-state index contributed by atoms with van der Waals surface area (Å²) in [7, 11) is 1.59. The number of aromatic nitrogens is 2. The topological polar surface area (TPSA) is 37.9 Å². The van der Waals surface area contributed by atoms with Gasteiger partial charge in [-0.3, -0.25) is 0 Å². The number of ether oxygens (including phenoxy) is 1. The molecule has 0 spiro atoms.